The Morgan fingerprint density at radius 3 is 1.80 bits per heavy atom. The average molecular weight is 320 g/mol. The van der Waals surface area contributed by atoms with Gasteiger partial charge in [-0.15, -0.1) is 0 Å². The fourth-order valence-electron chi connectivity index (χ4n) is 3.74. The number of benzene rings is 4. The van der Waals surface area contributed by atoms with Gasteiger partial charge in [-0.05, 0) is 39.1 Å². The topological polar surface area (TPSA) is 3.88 Å². The number of pyridine rings is 1. The van der Waals surface area contributed by atoms with Gasteiger partial charge in [0.2, 0.25) is 0 Å². The fraction of sp³-hybridized carbons (Fsp3) is 0.0417. The van der Waals surface area contributed by atoms with E-state index in [0.29, 0.717) is 0 Å². The van der Waals surface area contributed by atoms with Crippen LogP contribution >= 0.6 is 0 Å². The van der Waals surface area contributed by atoms with E-state index in [4.69, 9.17) is 0 Å². The Morgan fingerprint density at radius 2 is 1.12 bits per heavy atom. The van der Waals surface area contributed by atoms with Crippen molar-refractivity contribution in [2.75, 3.05) is 0 Å². The molecule has 0 saturated heterocycles. The lowest BCUT2D eigenvalue weighted by Gasteiger charge is -2.09. The molecule has 0 aliphatic heterocycles. The molecule has 118 valence electrons. The van der Waals surface area contributed by atoms with Gasteiger partial charge in [0, 0.05) is 17.0 Å². The minimum atomic E-state index is 0.868. The smallest absolute Gasteiger partial charge is 0.176 e. The minimum Gasteiger partial charge on any atom is -0.200 e. The van der Waals surface area contributed by atoms with Gasteiger partial charge < -0.3 is 0 Å². The molecule has 0 unspecified atom stereocenters. The van der Waals surface area contributed by atoms with E-state index in [1.165, 1.54) is 37.9 Å². The van der Waals surface area contributed by atoms with Gasteiger partial charge in [-0.2, -0.15) is 0 Å². The van der Waals surface area contributed by atoms with Gasteiger partial charge >= 0.3 is 0 Å². The highest BCUT2D eigenvalue weighted by Crippen LogP contribution is 2.28. The molecule has 1 nitrogen and oxygen atoms in total. The van der Waals surface area contributed by atoms with Crippen molar-refractivity contribution in [3.8, 4) is 0 Å². The van der Waals surface area contributed by atoms with Gasteiger partial charge in [0.25, 0.3) is 0 Å². The number of nitrogens with zero attached hydrogens (tertiary/aromatic N) is 1. The van der Waals surface area contributed by atoms with E-state index in [0.717, 1.165) is 6.54 Å². The van der Waals surface area contributed by atoms with Gasteiger partial charge in [0.15, 0.2) is 18.9 Å². The second-order valence-electron chi connectivity index (χ2n) is 6.54. The minimum absolute atomic E-state index is 0.868. The van der Waals surface area contributed by atoms with E-state index >= 15 is 0 Å². The summed E-state index contributed by atoms with van der Waals surface area (Å²) in [6, 6.07) is 30.4. The van der Waals surface area contributed by atoms with Crippen LogP contribution in [0.1, 0.15) is 5.56 Å². The Morgan fingerprint density at radius 1 is 0.560 bits per heavy atom. The highest BCUT2D eigenvalue weighted by atomic mass is 14.9. The van der Waals surface area contributed by atoms with Crippen molar-refractivity contribution in [3.63, 3.8) is 0 Å². The van der Waals surface area contributed by atoms with Crippen LogP contribution < -0.4 is 4.57 Å². The van der Waals surface area contributed by atoms with E-state index in [1.807, 2.05) is 0 Å². The molecular weight excluding hydrogens is 302 g/mol. The zero-order valence-corrected chi connectivity index (χ0v) is 13.9. The normalized spacial score (nSPS) is 11.4. The van der Waals surface area contributed by atoms with Gasteiger partial charge in [0.1, 0.15) is 0 Å². The molecule has 0 N–H and O–H groups in total. The molecule has 0 aliphatic carbocycles. The van der Waals surface area contributed by atoms with Crippen molar-refractivity contribution >= 4 is 32.3 Å². The highest BCUT2D eigenvalue weighted by Gasteiger charge is 2.12. The molecule has 0 atom stereocenters. The summed E-state index contributed by atoms with van der Waals surface area (Å²) in [5.74, 6) is 0. The second-order valence-corrected chi connectivity index (χ2v) is 6.54. The van der Waals surface area contributed by atoms with Crippen molar-refractivity contribution in [1.82, 2.24) is 0 Å². The maximum atomic E-state index is 2.29. The lowest BCUT2D eigenvalue weighted by atomic mass is 9.96. The number of rotatable bonds is 2. The molecule has 0 fully saturated rings. The molecule has 0 bridgehead atoms. The zero-order chi connectivity index (χ0) is 16.6. The number of hydrogen-bond donors (Lipinski definition) is 0. The van der Waals surface area contributed by atoms with Crippen molar-refractivity contribution in [2.24, 2.45) is 0 Å². The summed E-state index contributed by atoms with van der Waals surface area (Å²) in [7, 11) is 0. The van der Waals surface area contributed by atoms with Crippen LogP contribution in [0.5, 0.6) is 0 Å². The second kappa shape index (κ2) is 5.71. The van der Waals surface area contributed by atoms with E-state index in [2.05, 4.69) is 102 Å². The number of aromatic nitrogens is 1. The average Bonchev–Trinajstić information content (AvgIpc) is 2.68. The first kappa shape index (κ1) is 14.2. The van der Waals surface area contributed by atoms with Crippen LogP contribution in [0, 0.1) is 0 Å². The molecule has 0 spiro atoms. The predicted molar refractivity (Wildman–Crippen MR) is 105 cm³/mol. The number of fused-ring (bicyclic) bond motifs is 3. The summed E-state index contributed by atoms with van der Waals surface area (Å²) >= 11 is 0. The summed E-state index contributed by atoms with van der Waals surface area (Å²) in [5.41, 5.74) is 1.38. The lowest BCUT2D eigenvalue weighted by molar-refractivity contribution is -0.686. The Kier molecular flexibility index (Phi) is 3.24. The summed E-state index contributed by atoms with van der Waals surface area (Å²) < 4.78 is 2.29. The van der Waals surface area contributed by atoms with E-state index in [9.17, 15) is 0 Å². The SMILES string of the molecule is c1ccc2c[n+](Cc3c4ccccc4cc4ccccc34)ccc2c1. The van der Waals surface area contributed by atoms with Crippen LogP contribution in [0.25, 0.3) is 32.3 Å². The van der Waals surface area contributed by atoms with Crippen molar-refractivity contribution < 1.29 is 4.57 Å². The predicted octanol–water partition coefficient (Wildman–Crippen LogP) is 5.48. The highest BCUT2D eigenvalue weighted by molar-refractivity contribution is 6.02. The molecule has 25 heavy (non-hydrogen) atoms. The van der Waals surface area contributed by atoms with Gasteiger partial charge in [-0.3, -0.25) is 0 Å². The van der Waals surface area contributed by atoms with Crippen LogP contribution in [-0.4, -0.2) is 0 Å². The summed E-state index contributed by atoms with van der Waals surface area (Å²) in [5, 5.41) is 7.83. The standard InChI is InChI=1S/C24H18N/c1-2-10-21-16-25(14-13-18(21)7-1)17-24-22-11-5-3-8-19(22)15-20-9-4-6-12-23(20)24/h1-16H,17H2/q+1. The molecule has 5 aromatic rings. The number of hydrogen-bond acceptors (Lipinski definition) is 0. The largest absolute Gasteiger partial charge is 0.200 e. The van der Waals surface area contributed by atoms with E-state index in [-0.39, 0.29) is 0 Å². The molecule has 1 heterocycles. The van der Waals surface area contributed by atoms with Crippen molar-refractivity contribution in [2.45, 2.75) is 6.54 Å². The third kappa shape index (κ3) is 2.45. The molecule has 5 rings (SSSR count). The molecule has 1 heteroatoms. The Labute approximate surface area is 146 Å². The van der Waals surface area contributed by atoms with Crippen molar-refractivity contribution in [3.05, 3.63) is 103 Å². The monoisotopic (exact) mass is 320 g/mol. The first-order valence-corrected chi connectivity index (χ1v) is 8.66. The van der Waals surface area contributed by atoms with Gasteiger partial charge in [-0.1, -0.05) is 66.7 Å². The fourth-order valence-corrected chi connectivity index (χ4v) is 3.74. The van der Waals surface area contributed by atoms with E-state index < -0.39 is 0 Å². The lowest BCUT2D eigenvalue weighted by Crippen LogP contribution is -2.33. The van der Waals surface area contributed by atoms with E-state index in [1.54, 1.807) is 0 Å². The van der Waals surface area contributed by atoms with Crippen LogP contribution in [0.3, 0.4) is 0 Å². The maximum Gasteiger partial charge on any atom is 0.176 e. The van der Waals surface area contributed by atoms with Gasteiger partial charge in [-0.25, -0.2) is 4.57 Å². The third-order valence-corrected chi connectivity index (χ3v) is 4.97. The summed E-state index contributed by atoms with van der Waals surface area (Å²) in [4.78, 5) is 0. The maximum absolute atomic E-state index is 2.29. The summed E-state index contributed by atoms with van der Waals surface area (Å²) in [6.45, 7) is 0.868. The Hall–Kier alpha value is -3.19. The van der Waals surface area contributed by atoms with Crippen LogP contribution in [0.2, 0.25) is 0 Å². The Bertz CT molecular complexity index is 1170. The molecule has 1 aromatic heterocycles. The van der Waals surface area contributed by atoms with Crippen molar-refractivity contribution in [1.29, 1.82) is 0 Å². The molecule has 0 radical (unpaired) electrons. The molecule has 0 aliphatic rings. The first-order chi connectivity index (χ1) is 12.4. The zero-order valence-electron chi connectivity index (χ0n) is 13.9. The van der Waals surface area contributed by atoms with Crippen LogP contribution in [-0.2, 0) is 6.54 Å². The molecular formula is C24H18N+. The molecule has 0 saturated carbocycles. The quantitative estimate of drug-likeness (QED) is 0.299. The van der Waals surface area contributed by atoms with Crippen LogP contribution in [0.4, 0.5) is 0 Å². The first-order valence-electron chi connectivity index (χ1n) is 8.66. The Balaban J connectivity index is 1.74. The van der Waals surface area contributed by atoms with Gasteiger partial charge in [0.05, 0.1) is 0 Å². The summed E-state index contributed by atoms with van der Waals surface area (Å²) in [6.07, 6.45) is 4.42. The molecule has 4 aromatic carbocycles. The third-order valence-electron chi connectivity index (χ3n) is 4.97. The van der Waals surface area contributed by atoms with Crippen LogP contribution in [0.15, 0.2) is 97.3 Å². The molecule has 0 amide bonds.